The van der Waals surface area contributed by atoms with Crippen molar-refractivity contribution in [3.63, 3.8) is 0 Å². The maximum Gasteiger partial charge on any atom is 0.573 e. The number of allylic oxidation sites excluding steroid dienone is 2. The molecule has 1 saturated heterocycles. The van der Waals surface area contributed by atoms with E-state index in [1.54, 1.807) is 11.1 Å². The van der Waals surface area contributed by atoms with Crippen molar-refractivity contribution in [2.24, 2.45) is 15.0 Å². The molecule has 0 bridgehead atoms. The Bertz CT molecular complexity index is 1670. The van der Waals surface area contributed by atoms with E-state index in [1.807, 2.05) is 44.2 Å². The fraction of sp³-hybridized carbons (Fsp3) is 0.214. The second kappa shape index (κ2) is 10.5. The predicted molar refractivity (Wildman–Crippen MR) is 152 cm³/mol. The first-order valence-corrected chi connectivity index (χ1v) is 13.6. The van der Waals surface area contributed by atoms with E-state index in [0.717, 1.165) is 28.0 Å². The molecule has 6 rings (SSSR count). The number of hydrogen-bond donors (Lipinski definition) is 0. The molecule has 41 heavy (non-hydrogen) atoms. The summed E-state index contributed by atoms with van der Waals surface area (Å²) in [5, 5.41) is 5.03. The maximum atomic E-state index is 12.8. The zero-order chi connectivity index (χ0) is 28.7. The molecule has 3 aliphatic rings. The normalized spacial score (nSPS) is 19.7. The molecule has 1 aromatic heterocycles. The molecule has 1 amide bonds. The Morgan fingerprint density at radius 2 is 1.85 bits per heavy atom. The molecule has 0 radical (unpaired) electrons. The monoisotopic (exact) mass is 577 g/mol. The van der Waals surface area contributed by atoms with Crippen molar-refractivity contribution < 1.29 is 22.7 Å². The molecule has 9 nitrogen and oxygen atoms in total. The van der Waals surface area contributed by atoms with Crippen LogP contribution in [0.3, 0.4) is 0 Å². The molecular weight excluding hydrogens is 555 g/mol. The van der Waals surface area contributed by atoms with Gasteiger partial charge in [-0.3, -0.25) is 9.69 Å². The summed E-state index contributed by atoms with van der Waals surface area (Å²) in [5.41, 5.74) is 5.00. The van der Waals surface area contributed by atoms with Crippen LogP contribution in [-0.2, 0) is 4.79 Å². The third kappa shape index (κ3) is 5.57. The Morgan fingerprint density at radius 1 is 1.10 bits per heavy atom. The highest BCUT2D eigenvalue weighted by atomic mass is 32.2. The number of hydrogen-bond acceptors (Lipinski definition) is 8. The molecule has 2 aromatic carbocycles. The number of aromatic nitrogens is 3. The van der Waals surface area contributed by atoms with Gasteiger partial charge in [0.1, 0.15) is 12.1 Å². The number of amidine groups is 1. The fourth-order valence-corrected chi connectivity index (χ4v) is 5.56. The van der Waals surface area contributed by atoms with E-state index in [9.17, 15) is 18.0 Å². The minimum atomic E-state index is -4.75. The number of aliphatic imine (C=N–C) groups is 3. The lowest BCUT2D eigenvalue weighted by Gasteiger charge is -2.22. The molecule has 1 unspecified atom stereocenters. The quantitative estimate of drug-likeness (QED) is 0.411. The van der Waals surface area contributed by atoms with Gasteiger partial charge in [-0.05, 0) is 67.3 Å². The minimum absolute atomic E-state index is 0.0325. The van der Waals surface area contributed by atoms with Crippen LogP contribution in [0.15, 0.2) is 81.5 Å². The number of ether oxygens (including phenoxy) is 1. The van der Waals surface area contributed by atoms with Gasteiger partial charge in [-0.25, -0.2) is 19.7 Å². The van der Waals surface area contributed by atoms with Gasteiger partial charge in [-0.1, -0.05) is 36.0 Å². The van der Waals surface area contributed by atoms with Crippen LogP contribution in [0.25, 0.3) is 11.3 Å². The zero-order valence-electron chi connectivity index (χ0n) is 21.8. The van der Waals surface area contributed by atoms with Crippen LogP contribution in [0.2, 0.25) is 0 Å². The minimum Gasteiger partial charge on any atom is -0.406 e. The molecule has 0 N–H and O–H groups in total. The van der Waals surface area contributed by atoms with Gasteiger partial charge in [0.25, 0.3) is 0 Å². The number of rotatable bonds is 4. The van der Waals surface area contributed by atoms with E-state index < -0.39 is 6.36 Å². The fourth-order valence-electron chi connectivity index (χ4n) is 4.71. The lowest BCUT2D eigenvalue weighted by molar-refractivity contribution is -0.274. The number of amides is 1. The molecule has 1 aliphatic carbocycles. The average Bonchev–Trinajstić information content (AvgIpc) is 3.56. The van der Waals surface area contributed by atoms with Gasteiger partial charge in [0.2, 0.25) is 11.9 Å². The lowest BCUT2D eigenvalue weighted by atomic mass is 9.94. The predicted octanol–water partition coefficient (Wildman–Crippen LogP) is 5.44. The number of nitrogens with zero attached hydrogens (tertiary/aromatic N) is 7. The van der Waals surface area contributed by atoms with Gasteiger partial charge < -0.3 is 4.74 Å². The largest absolute Gasteiger partial charge is 0.573 e. The Morgan fingerprint density at radius 3 is 2.59 bits per heavy atom. The molecule has 3 heterocycles. The van der Waals surface area contributed by atoms with Crippen LogP contribution < -0.4 is 9.64 Å². The highest BCUT2D eigenvalue weighted by Gasteiger charge is 2.33. The number of carbonyl (C=O) groups is 1. The van der Waals surface area contributed by atoms with Crippen molar-refractivity contribution in [2.75, 3.05) is 10.7 Å². The second-order valence-corrected chi connectivity index (χ2v) is 10.4. The Kier molecular flexibility index (Phi) is 6.81. The van der Waals surface area contributed by atoms with E-state index in [1.165, 1.54) is 47.0 Å². The summed E-state index contributed by atoms with van der Waals surface area (Å²) in [5.74, 6) is 0.716. The molecular formula is C28H22F3N7O2S. The van der Waals surface area contributed by atoms with Gasteiger partial charge in [-0.2, -0.15) is 4.99 Å². The number of halogens is 3. The summed E-state index contributed by atoms with van der Waals surface area (Å²) in [6.07, 6.45) is 2.90. The van der Waals surface area contributed by atoms with Gasteiger partial charge in [0.05, 0.1) is 23.2 Å². The average molecular weight is 578 g/mol. The number of carbonyl (C=O) groups excluding carboxylic acids is 1. The molecule has 0 spiro atoms. The third-order valence-corrected chi connectivity index (χ3v) is 7.50. The first kappa shape index (κ1) is 26.7. The van der Waals surface area contributed by atoms with Crippen molar-refractivity contribution in [3.8, 4) is 11.4 Å². The van der Waals surface area contributed by atoms with Gasteiger partial charge >= 0.3 is 6.36 Å². The third-order valence-electron chi connectivity index (χ3n) is 6.58. The van der Waals surface area contributed by atoms with Gasteiger partial charge in [-0.15, -0.1) is 18.3 Å². The van der Waals surface area contributed by atoms with E-state index in [2.05, 4.69) is 24.8 Å². The molecule has 1 atom stereocenters. The highest BCUT2D eigenvalue weighted by molar-refractivity contribution is 8.15. The number of fused-ring (bicyclic) bond motifs is 1. The van der Waals surface area contributed by atoms with E-state index in [0.29, 0.717) is 34.8 Å². The van der Waals surface area contributed by atoms with Gasteiger partial charge in [0.15, 0.2) is 11.0 Å². The summed E-state index contributed by atoms with van der Waals surface area (Å²) < 4.78 is 42.7. The topological polar surface area (TPSA) is 97.3 Å². The molecule has 208 valence electrons. The SMILES string of the molecule is Cc1cccc(C)c1N1C(=O)CSC1=NC1=NC2CC=C(c3ncn(-c4ccc(OC(F)(F)F)cc4)n3)C=C2C=N1. The van der Waals surface area contributed by atoms with Crippen LogP contribution in [0.5, 0.6) is 5.75 Å². The zero-order valence-corrected chi connectivity index (χ0v) is 22.6. The second-order valence-electron chi connectivity index (χ2n) is 9.45. The van der Waals surface area contributed by atoms with Crippen molar-refractivity contribution >= 4 is 46.3 Å². The van der Waals surface area contributed by atoms with Crippen molar-refractivity contribution in [2.45, 2.75) is 32.7 Å². The summed E-state index contributed by atoms with van der Waals surface area (Å²) >= 11 is 1.36. The standard InChI is InChI=1S/C28H22F3N7O2S/c1-16-4-3-5-17(2)24(16)38-23(39)14-41-27(38)35-26-32-13-19-12-18(6-11-22(19)34-26)25-33-15-37(36-25)20-7-9-21(10-8-20)40-28(29,30)31/h3-10,12-13,15,22H,11,14H2,1-2H3. The van der Waals surface area contributed by atoms with Crippen LogP contribution in [-0.4, -0.2) is 56.2 Å². The summed E-state index contributed by atoms with van der Waals surface area (Å²) in [6.45, 7) is 3.94. The molecule has 1 fully saturated rings. The van der Waals surface area contributed by atoms with Crippen molar-refractivity contribution in [1.29, 1.82) is 0 Å². The first-order valence-electron chi connectivity index (χ1n) is 12.6. The summed E-state index contributed by atoms with van der Waals surface area (Å²) in [6, 6.07) is 11.1. The van der Waals surface area contributed by atoms with E-state index in [4.69, 9.17) is 4.99 Å². The van der Waals surface area contributed by atoms with Crippen LogP contribution >= 0.6 is 11.8 Å². The number of thioether (sulfide) groups is 1. The number of alkyl halides is 3. The molecule has 0 saturated carbocycles. The summed E-state index contributed by atoms with van der Waals surface area (Å²) in [7, 11) is 0. The Balaban J connectivity index is 1.18. The number of aryl methyl sites for hydroxylation is 2. The lowest BCUT2D eigenvalue weighted by Crippen LogP contribution is -2.31. The summed E-state index contributed by atoms with van der Waals surface area (Å²) in [4.78, 5) is 32.6. The first-order chi connectivity index (χ1) is 19.6. The molecule has 2 aliphatic heterocycles. The number of benzene rings is 2. The Hall–Kier alpha value is -4.52. The number of guanidine groups is 1. The van der Waals surface area contributed by atoms with Crippen LogP contribution in [0, 0.1) is 13.8 Å². The van der Waals surface area contributed by atoms with Crippen molar-refractivity contribution in [3.05, 3.63) is 83.5 Å². The smallest absolute Gasteiger partial charge is 0.406 e. The Labute approximate surface area is 236 Å². The van der Waals surface area contributed by atoms with Crippen LogP contribution in [0.1, 0.15) is 23.4 Å². The van der Waals surface area contributed by atoms with Gasteiger partial charge in [0, 0.05) is 11.8 Å². The number of para-hydroxylation sites is 1. The van der Waals surface area contributed by atoms with E-state index >= 15 is 0 Å². The number of anilines is 1. The van der Waals surface area contributed by atoms with Crippen LogP contribution in [0.4, 0.5) is 18.9 Å². The molecule has 13 heteroatoms. The highest BCUT2D eigenvalue weighted by Crippen LogP contribution is 2.33. The van der Waals surface area contributed by atoms with Crippen molar-refractivity contribution in [1.82, 2.24) is 14.8 Å². The maximum absolute atomic E-state index is 12.8. The molecule has 3 aromatic rings. The van der Waals surface area contributed by atoms with E-state index in [-0.39, 0.29) is 17.7 Å².